The lowest BCUT2D eigenvalue weighted by molar-refractivity contribution is -0.122. The summed E-state index contributed by atoms with van der Waals surface area (Å²) in [7, 11) is 0. The molecule has 2 saturated heterocycles. The predicted octanol–water partition coefficient (Wildman–Crippen LogP) is 3.14. The quantitative estimate of drug-likeness (QED) is 0.763. The zero-order chi connectivity index (χ0) is 16.8. The average molecular weight is 406 g/mol. The van der Waals surface area contributed by atoms with E-state index in [0.29, 0.717) is 18.4 Å². The highest BCUT2D eigenvalue weighted by Gasteiger charge is 2.21. The SMILES string of the molecule is Cl.Cl.O=C(CCC1CCNC1)NC1CCN(Cc2ccc(F)cc2)CC1. The second-order valence-corrected chi connectivity index (χ2v) is 7.14. The summed E-state index contributed by atoms with van der Waals surface area (Å²) in [5, 5.41) is 6.55. The van der Waals surface area contributed by atoms with Gasteiger partial charge in [0.05, 0.1) is 0 Å². The van der Waals surface area contributed by atoms with Crippen molar-refractivity contribution in [2.75, 3.05) is 26.2 Å². The van der Waals surface area contributed by atoms with E-state index in [1.807, 2.05) is 12.1 Å². The summed E-state index contributed by atoms with van der Waals surface area (Å²) in [5.41, 5.74) is 1.14. The van der Waals surface area contributed by atoms with E-state index in [1.165, 1.54) is 18.6 Å². The van der Waals surface area contributed by atoms with E-state index in [9.17, 15) is 9.18 Å². The maximum atomic E-state index is 12.9. The van der Waals surface area contributed by atoms with Gasteiger partial charge in [0.1, 0.15) is 5.82 Å². The minimum absolute atomic E-state index is 0. The van der Waals surface area contributed by atoms with Crippen molar-refractivity contribution in [3.8, 4) is 0 Å². The molecule has 26 heavy (non-hydrogen) atoms. The van der Waals surface area contributed by atoms with E-state index in [2.05, 4.69) is 15.5 Å². The second kappa shape index (κ2) is 11.8. The van der Waals surface area contributed by atoms with Crippen LogP contribution in [0.4, 0.5) is 4.39 Å². The number of nitrogens with one attached hydrogen (secondary N) is 2. The van der Waals surface area contributed by atoms with Crippen LogP contribution in [0.1, 0.15) is 37.7 Å². The summed E-state index contributed by atoms with van der Waals surface area (Å²) >= 11 is 0. The van der Waals surface area contributed by atoms with Gasteiger partial charge in [-0.05, 0) is 62.4 Å². The zero-order valence-corrected chi connectivity index (χ0v) is 16.7. The van der Waals surface area contributed by atoms with Crippen molar-refractivity contribution >= 4 is 30.7 Å². The summed E-state index contributed by atoms with van der Waals surface area (Å²) in [5.74, 6) is 0.695. The van der Waals surface area contributed by atoms with Crippen LogP contribution in [0, 0.1) is 11.7 Å². The van der Waals surface area contributed by atoms with Crippen LogP contribution in [0.3, 0.4) is 0 Å². The Balaban J connectivity index is 0.00000169. The first kappa shape index (κ1) is 23.2. The van der Waals surface area contributed by atoms with E-state index in [4.69, 9.17) is 0 Å². The molecule has 2 fully saturated rings. The van der Waals surface area contributed by atoms with E-state index in [0.717, 1.165) is 57.5 Å². The van der Waals surface area contributed by atoms with Gasteiger partial charge >= 0.3 is 0 Å². The topological polar surface area (TPSA) is 44.4 Å². The standard InChI is InChI=1S/C19H28FN3O.2ClH/c20-17-4-1-16(2-5-17)14-23-11-8-18(9-12-23)22-19(24)6-3-15-7-10-21-13-15;;/h1-2,4-5,15,18,21H,3,6-14H2,(H,22,24);2*1H. The third-order valence-electron chi connectivity index (χ3n) is 5.21. The lowest BCUT2D eigenvalue weighted by Crippen LogP contribution is -2.44. The molecule has 1 unspecified atom stereocenters. The molecule has 148 valence electrons. The molecular formula is C19H30Cl2FN3O. The monoisotopic (exact) mass is 405 g/mol. The van der Waals surface area contributed by atoms with Crippen LogP contribution < -0.4 is 10.6 Å². The Morgan fingerprint density at radius 3 is 2.46 bits per heavy atom. The third kappa shape index (κ3) is 7.39. The molecule has 0 saturated carbocycles. The molecule has 7 heteroatoms. The van der Waals surface area contributed by atoms with Crippen LogP contribution in [0.5, 0.6) is 0 Å². The molecule has 2 N–H and O–H groups in total. The Labute approximate surface area is 168 Å². The average Bonchev–Trinajstić information content (AvgIpc) is 3.10. The Bertz CT molecular complexity index is 530. The highest BCUT2D eigenvalue weighted by molar-refractivity contribution is 5.85. The maximum Gasteiger partial charge on any atom is 0.220 e. The van der Waals surface area contributed by atoms with E-state index in [-0.39, 0.29) is 36.5 Å². The number of hydrogen-bond donors (Lipinski definition) is 2. The first-order chi connectivity index (χ1) is 11.7. The summed E-state index contributed by atoms with van der Waals surface area (Å²) in [6.45, 7) is 4.98. The maximum absolute atomic E-state index is 12.9. The lowest BCUT2D eigenvalue weighted by atomic mass is 10.0. The Morgan fingerprint density at radius 2 is 1.85 bits per heavy atom. The van der Waals surface area contributed by atoms with Crippen molar-refractivity contribution in [3.05, 3.63) is 35.6 Å². The number of rotatable bonds is 6. The second-order valence-electron chi connectivity index (χ2n) is 7.14. The molecule has 4 nitrogen and oxygen atoms in total. The van der Waals surface area contributed by atoms with E-state index >= 15 is 0 Å². The molecule has 0 radical (unpaired) electrons. The fraction of sp³-hybridized carbons (Fsp3) is 0.632. The van der Waals surface area contributed by atoms with Gasteiger partial charge in [-0.2, -0.15) is 0 Å². The molecule has 1 aromatic rings. The van der Waals surface area contributed by atoms with Crippen LogP contribution in [-0.2, 0) is 11.3 Å². The molecule has 0 spiro atoms. The van der Waals surface area contributed by atoms with Crippen molar-refractivity contribution in [1.82, 2.24) is 15.5 Å². The normalized spacial score (nSPS) is 20.9. The zero-order valence-electron chi connectivity index (χ0n) is 15.1. The molecule has 1 aromatic carbocycles. The summed E-state index contributed by atoms with van der Waals surface area (Å²) < 4.78 is 12.9. The van der Waals surface area contributed by atoms with Gasteiger partial charge in [0.25, 0.3) is 0 Å². The summed E-state index contributed by atoms with van der Waals surface area (Å²) in [6.07, 6.45) is 4.86. The van der Waals surface area contributed by atoms with Crippen molar-refractivity contribution in [2.45, 2.75) is 44.7 Å². The number of halogens is 3. The number of carbonyl (C=O) groups excluding carboxylic acids is 1. The van der Waals surface area contributed by atoms with Gasteiger partial charge in [0.15, 0.2) is 0 Å². The van der Waals surface area contributed by atoms with Crippen molar-refractivity contribution in [3.63, 3.8) is 0 Å². The van der Waals surface area contributed by atoms with Gasteiger partial charge in [-0.15, -0.1) is 24.8 Å². The van der Waals surface area contributed by atoms with E-state index < -0.39 is 0 Å². The van der Waals surface area contributed by atoms with Crippen molar-refractivity contribution in [2.24, 2.45) is 5.92 Å². The largest absolute Gasteiger partial charge is 0.353 e. The molecular weight excluding hydrogens is 376 g/mol. The van der Waals surface area contributed by atoms with Crippen LogP contribution in [-0.4, -0.2) is 43.0 Å². The van der Waals surface area contributed by atoms with E-state index in [1.54, 1.807) is 0 Å². The Kier molecular flexibility index (Phi) is 10.5. The van der Waals surface area contributed by atoms with Crippen molar-refractivity contribution < 1.29 is 9.18 Å². The Morgan fingerprint density at radius 1 is 1.15 bits per heavy atom. The number of likely N-dealkylation sites (tertiary alicyclic amines) is 1. The number of piperidine rings is 1. The van der Waals surface area contributed by atoms with Crippen molar-refractivity contribution in [1.29, 1.82) is 0 Å². The molecule has 2 aliphatic rings. The minimum Gasteiger partial charge on any atom is -0.353 e. The Hall–Kier alpha value is -0.880. The number of carbonyl (C=O) groups is 1. The van der Waals surface area contributed by atoms with Crippen LogP contribution >= 0.6 is 24.8 Å². The summed E-state index contributed by atoms with van der Waals surface area (Å²) in [6, 6.07) is 7.04. The molecule has 0 aliphatic carbocycles. The first-order valence-corrected chi connectivity index (χ1v) is 9.16. The number of benzene rings is 1. The molecule has 0 aromatic heterocycles. The van der Waals surface area contributed by atoms with Gasteiger partial charge in [-0.1, -0.05) is 12.1 Å². The van der Waals surface area contributed by atoms with Gasteiger partial charge < -0.3 is 10.6 Å². The van der Waals surface area contributed by atoms with Crippen LogP contribution in [0.15, 0.2) is 24.3 Å². The highest BCUT2D eigenvalue weighted by atomic mass is 35.5. The summed E-state index contributed by atoms with van der Waals surface area (Å²) in [4.78, 5) is 14.5. The molecule has 1 atom stereocenters. The number of amides is 1. The molecule has 3 rings (SSSR count). The van der Waals surface area contributed by atoms with Gasteiger partial charge in [-0.3, -0.25) is 9.69 Å². The molecule has 2 aliphatic heterocycles. The molecule has 0 bridgehead atoms. The highest BCUT2D eigenvalue weighted by Crippen LogP contribution is 2.16. The molecule has 2 heterocycles. The fourth-order valence-corrected chi connectivity index (χ4v) is 3.68. The first-order valence-electron chi connectivity index (χ1n) is 9.16. The predicted molar refractivity (Wildman–Crippen MR) is 108 cm³/mol. The molecule has 1 amide bonds. The van der Waals surface area contributed by atoms with Gasteiger partial charge in [-0.25, -0.2) is 4.39 Å². The van der Waals surface area contributed by atoms with Gasteiger partial charge in [0, 0.05) is 32.1 Å². The smallest absolute Gasteiger partial charge is 0.220 e. The lowest BCUT2D eigenvalue weighted by Gasteiger charge is -2.32. The van der Waals surface area contributed by atoms with Crippen LogP contribution in [0.2, 0.25) is 0 Å². The van der Waals surface area contributed by atoms with Crippen LogP contribution in [0.25, 0.3) is 0 Å². The third-order valence-corrected chi connectivity index (χ3v) is 5.21. The van der Waals surface area contributed by atoms with Gasteiger partial charge in [0.2, 0.25) is 5.91 Å². The minimum atomic E-state index is -0.187. The number of hydrogen-bond acceptors (Lipinski definition) is 3. The number of nitrogens with zero attached hydrogens (tertiary/aromatic N) is 1. The fourth-order valence-electron chi connectivity index (χ4n) is 3.68.